The van der Waals surface area contributed by atoms with Gasteiger partial charge in [0.15, 0.2) is 4.96 Å². The topological polar surface area (TPSA) is 87.9 Å². The van der Waals surface area contributed by atoms with Crippen molar-refractivity contribution in [3.63, 3.8) is 0 Å². The Morgan fingerprint density at radius 3 is 2.69 bits per heavy atom. The van der Waals surface area contributed by atoms with Crippen LogP contribution in [0.15, 0.2) is 42.9 Å². The normalized spacial score (nSPS) is 14.4. The number of hydrogen-bond donors (Lipinski definition) is 1. The smallest absolute Gasteiger partial charge is 0.263 e. The van der Waals surface area contributed by atoms with E-state index in [0.717, 1.165) is 48.9 Å². The Morgan fingerprint density at radius 1 is 1.17 bits per heavy atom. The number of amides is 1. The molecule has 0 atom stereocenters. The number of hydrogen-bond acceptors (Lipinski definition) is 8. The Morgan fingerprint density at radius 2 is 1.94 bits per heavy atom. The first-order valence-corrected chi connectivity index (χ1v) is 12.2. The maximum absolute atomic E-state index is 13.2. The van der Waals surface area contributed by atoms with Crippen LogP contribution in [0.25, 0.3) is 16.2 Å². The molecule has 1 amide bonds. The molecule has 11 heteroatoms. The summed E-state index contributed by atoms with van der Waals surface area (Å²) in [5.41, 5.74) is 2.36. The molecule has 0 saturated carbocycles. The molecule has 5 rings (SSSR count). The molecule has 0 radical (unpaired) electrons. The van der Waals surface area contributed by atoms with Crippen molar-refractivity contribution in [1.29, 1.82) is 0 Å². The van der Waals surface area contributed by atoms with Gasteiger partial charge in [-0.2, -0.15) is 0 Å². The molecule has 35 heavy (non-hydrogen) atoms. The van der Waals surface area contributed by atoms with Gasteiger partial charge in [-0.1, -0.05) is 11.3 Å². The van der Waals surface area contributed by atoms with Crippen LogP contribution in [0.5, 0.6) is 5.88 Å². The summed E-state index contributed by atoms with van der Waals surface area (Å²) >= 11 is 1.32. The molecule has 1 fully saturated rings. The number of carbonyl (C=O) groups excluding carboxylic acids is 1. The van der Waals surface area contributed by atoms with Crippen LogP contribution in [0.2, 0.25) is 0 Å². The largest absolute Gasteiger partial charge is 0.476 e. The molecule has 9 nitrogen and oxygen atoms in total. The van der Waals surface area contributed by atoms with Crippen molar-refractivity contribution in [2.45, 2.75) is 6.92 Å². The maximum Gasteiger partial charge on any atom is 0.263 e. The van der Waals surface area contributed by atoms with Crippen molar-refractivity contribution in [2.75, 3.05) is 51.3 Å². The first-order chi connectivity index (χ1) is 17.0. The van der Waals surface area contributed by atoms with Gasteiger partial charge >= 0.3 is 0 Å². The van der Waals surface area contributed by atoms with Crippen LogP contribution in [-0.2, 0) is 0 Å². The van der Waals surface area contributed by atoms with Gasteiger partial charge < -0.3 is 19.9 Å². The lowest BCUT2D eigenvalue weighted by atomic mass is 10.2. The molecule has 4 aromatic rings. The second kappa shape index (κ2) is 9.96. The summed E-state index contributed by atoms with van der Waals surface area (Å²) in [5, 5.41) is 2.90. The van der Waals surface area contributed by atoms with E-state index in [2.05, 4.69) is 37.1 Å². The monoisotopic (exact) mass is 495 g/mol. The average molecular weight is 496 g/mol. The Hall–Kier alpha value is -3.57. The molecule has 4 heterocycles. The molecule has 0 aliphatic carbocycles. The van der Waals surface area contributed by atoms with Gasteiger partial charge in [0.2, 0.25) is 5.88 Å². The number of benzene rings is 1. The molecule has 1 saturated heterocycles. The number of imidazole rings is 1. The van der Waals surface area contributed by atoms with E-state index in [1.165, 1.54) is 29.8 Å². The molecule has 0 spiro atoms. The van der Waals surface area contributed by atoms with Crippen molar-refractivity contribution in [3.8, 4) is 17.1 Å². The number of aryl methyl sites for hydroxylation is 1. The van der Waals surface area contributed by atoms with Crippen LogP contribution in [0.4, 0.5) is 10.2 Å². The number of piperazine rings is 1. The van der Waals surface area contributed by atoms with E-state index in [1.54, 1.807) is 12.1 Å². The molecular weight excluding hydrogens is 469 g/mol. The van der Waals surface area contributed by atoms with Gasteiger partial charge in [0.25, 0.3) is 5.91 Å². The first-order valence-electron chi connectivity index (χ1n) is 11.4. The number of fused-ring (bicyclic) bond motifs is 1. The minimum Gasteiger partial charge on any atom is -0.476 e. The average Bonchev–Trinajstić information content (AvgIpc) is 3.42. The van der Waals surface area contributed by atoms with Crippen LogP contribution < -0.4 is 15.0 Å². The zero-order valence-electron chi connectivity index (χ0n) is 19.6. The Kier molecular flexibility index (Phi) is 6.60. The minimum atomic E-state index is -0.288. The van der Waals surface area contributed by atoms with Gasteiger partial charge in [0.1, 0.15) is 29.4 Å². The Balaban J connectivity index is 1.16. The summed E-state index contributed by atoms with van der Waals surface area (Å²) in [6.07, 6.45) is 3.37. The van der Waals surface area contributed by atoms with Crippen molar-refractivity contribution < 1.29 is 13.9 Å². The van der Waals surface area contributed by atoms with Gasteiger partial charge in [0, 0.05) is 49.7 Å². The summed E-state index contributed by atoms with van der Waals surface area (Å²) in [7, 11) is 2.11. The fraction of sp³-hybridized carbons (Fsp3) is 0.333. The van der Waals surface area contributed by atoms with Crippen LogP contribution in [-0.4, -0.2) is 76.5 Å². The second-order valence-corrected chi connectivity index (χ2v) is 9.39. The highest BCUT2D eigenvalue weighted by molar-refractivity contribution is 7.19. The predicted molar refractivity (Wildman–Crippen MR) is 133 cm³/mol. The summed E-state index contributed by atoms with van der Waals surface area (Å²) in [4.78, 5) is 31.7. The van der Waals surface area contributed by atoms with E-state index in [-0.39, 0.29) is 11.7 Å². The third-order valence-electron chi connectivity index (χ3n) is 6.00. The number of nitrogens with zero attached hydrogens (tertiary/aromatic N) is 6. The van der Waals surface area contributed by atoms with Gasteiger partial charge in [-0.15, -0.1) is 0 Å². The van der Waals surface area contributed by atoms with E-state index >= 15 is 0 Å². The highest BCUT2D eigenvalue weighted by Crippen LogP contribution is 2.27. The van der Waals surface area contributed by atoms with Gasteiger partial charge in [-0.05, 0) is 38.2 Å². The van der Waals surface area contributed by atoms with Crippen molar-refractivity contribution >= 4 is 28.0 Å². The number of halogens is 1. The SMILES string of the molecule is Cc1c(C(=O)NCCOc2cc(N3CCN(C)CC3)ncn2)sc2nc(-c3ccc(F)cc3)cn12. The standard InChI is InChI=1S/C24H26FN7O2S/c1-16-22(35-24-29-19(14-32(16)24)17-3-5-18(25)6-4-17)23(33)26-7-12-34-21-13-20(27-15-28-21)31-10-8-30(2)9-11-31/h3-6,13-15H,7-12H2,1-2H3,(H,26,33). The molecular formula is C24H26FN7O2S. The number of likely N-dealkylation sites (N-methyl/N-ethyl adjacent to an activating group) is 1. The fourth-order valence-corrected chi connectivity index (χ4v) is 4.96. The molecule has 1 aliphatic rings. The zero-order valence-corrected chi connectivity index (χ0v) is 20.4. The summed E-state index contributed by atoms with van der Waals surface area (Å²) in [5.74, 6) is 0.877. The number of anilines is 1. The number of thiazole rings is 1. The highest BCUT2D eigenvalue weighted by atomic mass is 32.1. The molecule has 0 unspecified atom stereocenters. The van der Waals surface area contributed by atoms with Crippen LogP contribution in [0.3, 0.4) is 0 Å². The van der Waals surface area contributed by atoms with E-state index in [1.807, 2.05) is 23.6 Å². The molecule has 1 aliphatic heterocycles. The van der Waals surface area contributed by atoms with Crippen molar-refractivity contribution in [1.82, 2.24) is 29.6 Å². The maximum atomic E-state index is 13.2. The van der Waals surface area contributed by atoms with Gasteiger partial charge in [0.05, 0.1) is 12.2 Å². The minimum absolute atomic E-state index is 0.175. The summed E-state index contributed by atoms with van der Waals surface area (Å²) < 4.78 is 20.8. The lowest BCUT2D eigenvalue weighted by Gasteiger charge is -2.33. The van der Waals surface area contributed by atoms with E-state index in [4.69, 9.17) is 4.74 Å². The number of rotatable bonds is 7. The highest BCUT2D eigenvalue weighted by Gasteiger charge is 2.19. The summed E-state index contributed by atoms with van der Waals surface area (Å²) in [6.45, 7) is 6.33. The van der Waals surface area contributed by atoms with Crippen LogP contribution >= 0.6 is 11.3 Å². The van der Waals surface area contributed by atoms with E-state index < -0.39 is 0 Å². The second-order valence-electron chi connectivity index (χ2n) is 8.41. The van der Waals surface area contributed by atoms with E-state index in [9.17, 15) is 9.18 Å². The molecule has 1 aromatic carbocycles. The first kappa shape index (κ1) is 23.2. The van der Waals surface area contributed by atoms with Gasteiger partial charge in [-0.25, -0.2) is 19.3 Å². The zero-order chi connectivity index (χ0) is 24.4. The Bertz CT molecular complexity index is 1330. The number of nitrogens with one attached hydrogen (secondary N) is 1. The third kappa shape index (κ3) is 5.10. The Labute approximate surface area is 206 Å². The van der Waals surface area contributed by atoms with Crippen LogP contribution in [0.1, 0.15) is 15.4 Å². The number of aromatic nitrogens is 4. The van der Waals surface area contributed by atoms with Gasteiger partial charge in [-0.3, -0.25) is 9.20 Å². The quantitative estimate of drug-likeness (QED) is 0.395. The molecule has 0 bridgehead atoms. The van der Waals surface area contributed by atoms with Crippen molar-refractivity contribution in [3.05, 3.63) is 59.2 Å². The third-order valence-corrected chi connectivity index (χ3v) is 7.15. The molecule has 1 N–H and O–H groups in total. The lowest BCUT2D eigenvalue weighted by molar-refractivity contribution is 0.0949. The van der Waals surface area contributed by atoms with Crippen LogP contribution in [0, 0.1) is 12.7 Å². The predicted octanol–water partition coefficient (Wildman–Crippen LogP) is 2.86. The molecule has 3 aromatic heterocycles. The summed E-state index contributed by atoms with van der Waals surface area (Å²) in [6, 6.07) is 8.04. The molecule has 182 valence electrons. The number of carbonyl (C=O) groups is 1. The van der Waals surface area contributed by atoms with Crippen molar-refractivity contribution in [2.24, 2.45) is 0 Å². The lowest BCUT2D eigenvalue weighted by Crippen LogP contribution is -2.44. The van der Waals surface area contributed by atoms with E-state index in [0.29, 0.717) is 28.9 Å². The fourth-order valence-electron chi connectivity index (χ4n) is 3.94. The number of ether oxygens (including phenoxy) is 1.